The van der Waals surface area contributed by atoms with E-state index in [0.29, 0.717) is 0 Å². The SMILES string of the molecule is C[C@@H](NC(=O)N[C@H]1CCCCc2ccccc21)c1nncn1C. The molecule has 1 aromatic heterocycles. The quantitative estimate of drug-likeness (QED) is 0.856. The molecule has 0 bridgehead atoms. The molecule has 6 heteroatoms. The van der Waals surface area contributed by atoms with Crippen LogP contribution >= 0.6 is 0 Å². The number of hydrogen-bond acceptors (Lipinski definition) is 3. The third-order valence-electron chi connectivity index (χ3n) is 4.41. The number of aromatic nitrogens is 3. The molecular formula is C17H23N5O. The number of nitrogens with zero attached hydrogens (tertiary/aromatic N) is 3. The molecule has 0 saturated carbocycles. The highest BCUT2D eigenvalue weighted by atomic mass is 16.2. The third kappa shape index (κ3) is 3.52. The second kappa shape index (κ2) is 6.81. The van der Waals surface area contributed by atoms with Gasteiger partial charge in [-0.2, -0.15) is 0 Å². The molecule has 1 aliphatic rings. The number of hydrogen-bond donors (Lipinski definition) is 2. The van der Waals surface area contributed by atoms with E-state index in [9.17, 15) is 4.79 Å². The minimum atomic E-state index is -0.191. The highest BCUT2D eigenvalue weighted by Crippen LogP contribution is 2.28. The fraction of sp³-hybridized carbons (Fsp3) is 0.471. The van der Waals surface area contributed by atoms with E-state index in [4.69, 9.17) is 0 Å². The molecule has 2 amide bonds. The van der Waals surface area contributed by atoms with Gasteiger partial charge in [0.2, 0.25) is 0 Å². The summed E-state index contributed by atoms with van der Waals surface area (Å²) < 4.78 is 1.81. The number of carbonyl (C=O) groups is 1. The molecule has 23 heavy (non-hydrogen) atoms. The molecule has 6 nitrogen and oxygen atoms in total. The average Bonchev–Trinajstić information content (AvgIpc) is 2.86. The van der Waals surface area contributed by atoms with Crippen LogP contribution < -0.4 is 10.6 Å². The lowest BCUT2D eigenvalue weighted by atomic mass is 9.99. The minimum Gasteiger partial charge on any atom is -0.331 e. The number of urea groups is 1. The second-order valence-electron chi connectivity index (χ2n) is 6.14. The Bertz CT molecular complexity index is 681. The van der Waals surface area contributed by atoms with E-state index in [1.807, 2.05) is 24.6 Å². The molecular weight excluding hydrogens is 290 g/mol. The van der Waals surface area contributed by atoms with E-state index in [1.165, 1.54) is 17.5 Å². The molecule has 0 saturated heterocycles. The Morgan fingerprint density at radius 2 is 2.17 bits per heavy atom. The molecule has 0 unspecified atom stereocenters. The van der Waals surface area contributed by atoms with Gasteiger partial charge in [0.25, 0.3) is 0 Å². The zero-order valence-corrected chi connectivity index (χ0v) is 13.6. The van der Waals surface area contributed by atoms with Crippen molar-refractivity contribution in [1.29, 1.82) is 0 Å². The molecule has 2 atom stereocenters. The number of carbonyl (C=O) groups excluding carboxylic acids is 1. The number of benzene rings is 1. The molecule has 122 valence electrons. The average molecular weight is 313 g/mol. The fourth-order valence-electron chi connectivity index (χ4n) is 3.22. The summed E-state index contributed by atoms with van der Waals surface area (Å²) in [5, 5.41) is 14.0. The molecule has 0 spiro atoms. The highest BCUT2D eigenvalue weighted by molar-refractivity contribution is 5.75. The first-order chi connectivity index (χ1) is 11.1. The topological polar surface area (TPSA) is 71.8 Å². The molecule has 2 N–H and O–H groups in total. The number of amides is 2. The van der Waals surface area contributed by atoms with E-state index in [-0.39, 0.29) is 18.1 Å². The van der Waals surface area contributed by atoms with Gasteiger partial charge < -0.3 is 15.2 Å². The normalized spacial score (nSPS) is 18.6. The van der Waals surface area contributed by atoms with E-state index >= 15 is 0 Å². The molecule has 3 rings (SSSR count). The van der Waals surface area contributed by atoms with Crippen LogP contribution in [0.3, 0.4) is 0 Å². The number of aryl methyl sites for hydroxylation is 2. The summed E-state index contributed by atoms with van der Waals surface area (Å²) in [7, 11) is 1.87. The van der Waals surface area contributed by atoms with E-state index in [1.54, 1.807) is 6.33 Å². The van der Waals surface area contributed by atoms with Crippen molar-refractivity contribution >= 4 is 6.03 Å². The predicted octanol–water partition coefficient (Wildman–Crippen LogP) is 2.64. The van der Waals surface area contributed by atoms with Gasteiger partial charge in [0.05, 0.1) is 12.1 Å². The Morgan fingerprint density at radius 3 is 2.96 bits per heavy atom. The van der Waals surface area contributed by atoms with Crippen LogP contribution in [0.4, 0.5) is 4.79 Å². The van der Waals surface area contributed by atoms with Crippen molar-refractivity contribution < 1.29 is 4.79 Å². The summed E-state index contributed by atoms with van der Waals surface area (Å²) in [4.78, 5) is 12.4. The van der Waals surface area contributed by atoms with E-state index < -0.39 is 0 Å². The van der Waals surface area contributed by atoms with Crippen LogP contribution in [0.5, 0.6) is 0 Å². The summed E-state index contributed by atoms with van der Waals surface area (Å²) in [5.74, 6) is 0.737. The Labute approximate surface area is 136 Å². The summed E-state index contributed by atoms with van der Waals surface area (Å²) in [5.41, 5.74) is 2.59. The summed E-state index contributed by atoms with van der Waals surface area (Å²) in [6.45, 7) is 1.91. The van der Waals surface area contributed by atoms with Crippen LogP contribution in [0.2, 0.25) is 0 Å². The summed E-state index contributed by atoms with van der Waals surface area (Å²) in [6, 6.07) is 8.11. The number of fused-ring (bicyclic) bond motifs is 1. The van der Waals surface area contributed by atoms with Crippen LogP contribution in [0.1, 0.15) is 55.2 Å². The largest absolute Gasteiger partial charge is 0.331 e. The van der Waals surface area contributed by atoms with Gasteiger partial charge in [-0.15, -0.1) is 10.2 Å². The lowest BCUT2D eigenvalue weighted by Crippen LogP contribution is -2.39. The molecule has 0 radical (unpaired) electrons. The van der Waals surface area contributed by atoms with E-state index in [2.05, 4.69) is 39.0 Å². The van der Waals surface area contributed by atoms with Crippen molar-refractivity contribution in [3.63, 3.8) is 0 Å². The molecule has 1 aromatic carbocycles. The van der Waals surface area contributed by atoms with Crippen molar-refractivity contribution in [2.75, 3.05) is 0 Å². The van der Waals surface area contributed by atoms with Crippen LogP contribution in [-0.4, -0.2) is 20.8 Å². The van der Waals surface area contributed by atoms with Gasteiger partial charge in [-0.1, -0.05) is 30.7 Å². The maximum absolute atomic E-state index is 12.4. The maximum Gasteiger partial charge on any atom is 0.315 e. The molecule has 1 aliphatic carbocycles. The summed E-state index contributed by atoms with van der Waals surface area (Å²) >= 11 is 0. The first-order valence-electron chi connectivity index (χ1n) is 8.14. The maximum atomic E-state index is 12.4. The Balaban J connectivity index is 1.67. The molecule has 2 aromatic rings. The predicted molar refractivity (Wildman–Crippen MR) is 87.8 cm³/mol. The van der Waals surface area contributed by atoms with Crippen LogP contribution in [0.25, 0.3) is 0 Å². The van der Waals surface area contributed by atoms with Gasteiger partial charge in [-0.3, -0.25) is 0 Å². The molecule has 0 aliphatic heterocycles. The van der Waals surface area contributed by atoms with Crippen molar-refractivity contribution in [3.8, 4) is 0 Å². The van der Waals surface area contributed by atoms with Crippen LogP contribution in [-0.2, 0) is 13.5 Å². The highest BCUT2D eigenvalue weighted by Gasteiger charge is 2.21. The van der Waals surface area contributed by atoms with Crippen LogP contribution in [0.15, 0.2) is 30.6 Å². The minimum absolute atomic E-state index is 0.0698. The Kier molecular flexibility index (Phi) is 4.60. The standard InChI is InChI=1S/C17H23N5O/c1-12(16-21-18-11-22(16)2)19-17(23)20-15-10-6-4-8-13-7-3-5-9-14(13)15/h3,5,7,9,11-12,15H,4,6,8,10H2,1-2H3,(H2,19,20,23)/t12-,15+/m1/s1. The smallest absolute Gasteiger partial charge is 0.315 e. The lowest BCUT2D eigenvalue weighted by molar-refractivity contribution is 0.232. The Morgan fingerprint density at radius 1 is 1.35 bits per heavy atom. The lowest BCUT2D eigenvalue weighted by Gasteiger charge is -2.21. The van der Waals surface area contributed by atoms with Gasteiger partial charge in [0.15, 0.2) is 5.82 Å². The number of rotatable bonds is 3. The number of nitrogens with one attached hydrogen (secondary N) is 2. The third-order valence-corrected chi connectivity index (χ3v) is 4.41. The molecule has 1 heterocycles. The van der Waals surface area contributed by atoms with Gasteiger partial charge >= 0.3 is 6.03 Å². The fourth-order valence-corrected chi connectivity index (χ4v) is 3.22. The van der Waals surface area contributed by atoms with Gasteiger partial charge in [0, 0.05) is 7.05 Å². The van der Waals surface area contributed by atoms with Gasteiger partial charge in [-0.25, -0.2) is 4.79 Å². The van der Waals surface area contributed by atoms with E-state index in [0.717, 1.165) is 25.1 Å². The zero-order valence-electron chi connectivity index (χ0n) is 13.6. The Hall–Kier alpha value is -2.37. The second-order valence-corrected chi connectivity index (χ2v) is 6.14. The van der Waals surface area contributed by atoms with Crippen molar-refractivity contribution in [2.24, 2.45) is 7.05 Å². The first-order valence-corrected chi connectivity index (χ1v) is 8.14. The van der Waals surface area contributed by atoms with Crippen molar-refractivity contribution in [2.45, 2.75) is 44.7 Å². The first kappa shape index (κ1) is 15.5. The van der Waals surface area contributed by atoms with Crippen LogP contribution in [0, 0.1) is 0 Å². The molecule has 0 fully saturated rings. The summed E-state index contributed by atoms with van der Waals surface area (Å²) in [6.07, 6.45) is 5.99. The zero-order chi connectivity index (χ0) is 16.2. The van der Waals surface area contributed by atoms with Gasteiger partial charge in [-0.05, 0) is 37.3 Å². The van der Waals surface area contributed by atoms with Gasteiger partial charge in [0.1, 0.15) is 6.33 Å². The van der Waals surface area contributed by atoms with Crippen molar-refractivity contribution in [3.05, 3.63) is 47.5 Å². The van der Waals surface area contributed by atoms with Crippen molar-refractivity contribution in [1.82, 2.24) is 25.4 Å². The monoisotopic (exact) mass is 313 g/mol.